The molecule has 12 nitrogen and oxygen atoms in total. The summed E-state index contributed by atoms with van der Waals surface area (Å²) in [7, 11) is -2.62. The molecule has 2 unspecified atom stereocenters. The van der Waals surface area contributed by atoms with Gasteiger partial charge in [-0.3, -0.25) is 4.79 Å². The molecule has 1 amide bonds. The quantitative estimate of drug-likeness (QED) is 0.144. The minimum Gasteiger partial charge on any atom is -0.461 e. The lowest BCUT2D eigenvalue weighted by molar-refractivity contribution is -0.125. The number of carbonyl (C=O) groups is 1. The highest BCUT2D eigenvalue weighted by Gasteiger charge is 2.62. The number of fused-ring (bicyclic) bond motifs is 2. The van der Waals surface area contributed by atoms with Crippen LogP contribution < -0.4 is 20.4 Å². The van der Waals surface area contributed by atoms with Crippen LogP contribution in [0.5, 0.6) is 5.88 Å². The summed E-state index contributed by atoms with van der Waals surface area (Å²) in [4.78, 5) is 26.6. The SMILES string of the molecule is Cc1c(C#N)cccc1-n1ncc2c(OC(COCCO[Si]3(c4ccccc4)c4ccccc4C3(C)C)C(=O)Nc3ccc(C#N)cn3)ncnc21. The topological polar surface area (TPSA) is 161 Å². The average molecular weight is 707 g/mol. The van der Waals surface area contributed by atoms with Crippen molar-refractivity contribution in [1.82, 2.24) is 24.7 Å². The van der Waals surface area contributed by atoms with E-state index in [0.29, 0.717) is 34.5 Å². The van der Waals surface area contributed by atoms with Crippen molar-refractivity contribution in [2.45, 2.75) is 31.9 Å². The molecule has 7 rings (SSSR count). The van der Waals surface area contributed by atoms with E-state index in [-0.39, 0.29) is 29.9 Å². The second-order valence-electron chi connectivity index (χ2n) is 12.8. The highest BCUT2D eigenvalue weighted by Crippen LogP contribution is 2.42. The number of anilines is 1. The highest BCUT2D eigenvalue weighted by atomic mass is 28.4. The van der Waals surface area contributed by atoms with E-state index in [1.807, 2.05) is 37.3 Å². The Morgan fingerprint density at radius 3 is 2.50 bits per heavy atom. The fourth-order valence-electron chi connectivity index (χ4n) is 6.88. The summed E-state index contributed by atoms with van der Waals surface area (Å²) in [5, 5.41) is 28.7. The first-order chi connectivity index (χ1) is 25.3. The summed E-state index contributed by atoms with van der Waals surface area (Å²) >= 11 is 0. The van der Waals surface area contributed by atoms with Gasteiger partial charge in [0.2, 0.25) is 12.0 Å². The van der Waals surface area contributed by atoms with Gasteiger partial charge >= 0.3 is 0 Å². The maximum absolute atomic E-state index is 13.7. The number of nitriles is 2. The molecule has 4 heterocycles. The molecule has 0 aliphatic carbocycles. The Morgan fingerprint density at radius 1 is 0.923 bits per heavy atom. The fourth-order valence-corrected chi connectivity index (χ4v) is 11.8. The van der Waals surface area contributed by atoms with Gasteiger partial charge in [-0.25, -0.2) is 19.6 Å². The summed E-state index contributed by atoms with van der Waals surface area (Å²) < 4.78 is 20.8. The number of rotatable bonds is 12. The van der Waals surface area contributed by atoms with Gasteiger partial charge in [-0.2, -0.15) is 15.6 Å². The summed E-state index contributed by atoms with van der Waals surface area (Å²) in [6.07, 6.45) is 3.10. The first-order valence-corrected chi connectivity index (χ1v) is 18.6. The zero-order chi connectivity index (χ0) is 36.3. The van der Waals surface area contributed by atoms with Gasteiger partial charge < -0.3 is 19.2 Å². The zero-order valence-corrected chi connectivity index (χ0v) is 29.8. The lowest BCUT2D eigenvalue weighted by Gasteiger charge is -2.55. The van der Waals surface area contributed by atoms with E-state index in [4.69, 9.17) is 19.2 Å². The van der Waals surface area contributed by atoms with Gasteiger partial charge in [0, 0.05) is 11.2 Å². The third kappa shape index (κ3) is 5.97. The normalized spacial score (nSPS) is 16.2. The highest BCUT2D eigenvalue weighted by molar-refractivity contribution is 7.03. The second-order valence-corrected chi connectivity index (χ2v) is 16.8. The van der Waals surface area contributed by atoms with E-state index in [0.717, 1.165) is 5.56 Å². The van der Waals surface area contributed by atoms with E-state index >= 15 is 0 Å². The maximum atomic E-state index is 13.7. The summed E-state index contributed by atoms with van der Waals surface area (Å²) in [6, 6.07) is 31.5. The van der Waals surface area contributed by atoms with Crippen LogP contribution in [0.15, 0.2) is 104 Å². The van der Waals surface area contributed by atoms with Gasteiger partial charge in [-0.05, 0) is 52.7 Å². The van der Waals surface area contributed by atoms with Gasteiger partial charge in [0.1, 0.15) is 23.6 Å². The van der Waals surface area contributed by atoms with Crippen LogP contribution in [0, 0.1) is 29.6 Å². The van der Waals surface area contributed by atoms with Gasteiger partial charge in [0.25, 0.3) is 14.2 Å². The smallest absolute Gasteiger partial charge is 0.269 e. The Morgan fingerprint density at radius 2 is 1.73 bits per heavy atom. The summed E-state index contributed by atoms with van der Waals surface area (Å²) in [5.74, 6) is -0.156. The van der Waals surface area contributed by atoms with Crippen LogP contribution >= 0.6 is 0 Å². The number of nitrogens with zero attached hydrogens (tertiary/aromatic N) is 7. The molecular weight excluding hydrogens is 673 g/mol. The number of carbonyl (C=O) groups excluding carboxylic acids is 1. The monoisotopic (exact) mass is 706 g/mol. The molecule has 0 spiro atoms. The molecule has 52 heavy (non-hydrogen) atoms. The van der Waals surface area contributed by atoms with Crippen LogP contribution in [-0.2, 0) is 19.0 Å². The van der Waals surface area contributed by atoms with Gasteiger partial charge in [0.15, 0.2) is 5.65 Å². The number of benzene rings is 3. The Kier molecular flexibility index (Phi) is 9.32. The van der Waals surface area contributed by atoms with Crippen molar-refractivity contribution in [3.8, 4) is 23.7 Å². The van der Waals surface area contributed by atoms with E-state index in [1.165, 1.54) is 28.5 Å². The number of hydrogen-bond donors (Lipinski definition) is 1. The molecule has 0 saturated carbocycles. The number of aromatic nitrogens is 5. The van der Waals surface area contributed by atoms with Gasteiger partial charge in [0.05, 0.1) is 48.9 Å². The van der Waals surface area contributed by atoms with Crippen molar-refractivity contribution in [3.05, 3.63) is 126 Å². The number of pyridine rings is 1. The van der Waals surface area contributed by atoms with Crippen molar-refractivity contribution in [1.29, 1.82) is 10.5 Å². The average Bonchev–Trinajstić information content (AvgIpc) is 3.61. The molecule has 0 bridgehead atoms. The largest absolute Gasteiger partial charge is 0.461 e. The Bertz CT molecular complexity index is 2350. The molecule has 2 atom stereocenters. The third-order valence-electron chi connectivity index (χ3n) is 9.53. The minimum atomic E-state index is -2.62. The van der Waals surface area contributed by atoms with Crippen LogP contribution in [0.25, 0.3) is 16.7 Å². The first kappa shape index (κ1) is 34.2. The molecule has 13 heteroatoms. The molecule has 1 aliphatic rings. The summed E-state index contributed by atoms with van der Waals surface area (Å²) in [5.41, 5.74) is 4.02. The van der Waals surface area contributed by atoms with Gasteiger partial charge in [-0.1, -0.05) is 74.5 Å². The lowest BCUT2D eigenvalue weighted by Crippen LogP contribution is -2.81. The molecular formula is C39H34N8O4Si. The van der Waals surface area contributed by atoms with Crippen molar-refractivity contribution < 1.29 is 18.7 Å². The first-order valence-electron chi connectivity index (χ1n) is 16.7. The van der Waals surface area contributed by atoms with Crippen LogP contribution in [0.1, 0.15) is 36.1 Å². The zero-order valence-electron chi connectivity index (χ0n) is 28.8. The Hall–Kier alpha value is -6.25. The van der Waals surface area contributed by atoms with Crippen LogP contribution in [-0.4, -0.2) is 64.9 Å². The number of hydrogen-bond acceptors (Lipinski definition) is 10. The van der Waals surface area contributed by atoms with Crippen molar-refractivity contribution >= 4 is 41.4 Å². The number of ether oxygens (including phenoxy) is 2. The fraction of sp³-hybridized carbons (Fsp3) is 0.205. The molecule has 1 N–H and O–H groups in total. The Labute approximate surface area is 301 Å². The molecule has 6 aromatic rings. The van der Waals surface area contributed by atoms with Crippen molar-refractivity contribution in [3.63, 3.8) is 0 Å². The predicted octanol–water partition coefficient (Wildman–Crippen LogP) is 4.27. The van der Waals surface area contributed by atoms with Gasteiger partial charge in [-0.15, -0.1) is 0 Å². The van der Waals surface area contributed by atoms with Crippen molar-refractivity contribution in [2.24, 2.45) is 0 Å². The Balaban J connectivity index is 1.11. The van der Waals surface area contributed by atoms with Crippen LogP contribution in [0.3, 0.4) is 0 Å². The maximum Gasteiger partial charge on any atom is 0.269 e. The molecule has 3 aromatic carbocycles. The van der Waals surface area contributed by atoms with E-state index < -0.39 is 20.3 Å². The van der Waals surface area contributed by atoms with Crippen LogP contribution in [0.4, 0.5) is 5.82 Å². The molecule has 0 fully saturated rings. The standard InChI is InChI=1S/C39H34N8O4Si/c1-26-28(21-41)10-9-14-32(26)47-36-30(23-45-47)38(44-25-43-36)51-33(37(48)46-35-17-16-27(20-40)22-42-35)24-49-18-19-50-52(29-11-5-4-6-12-29)34-15-8-7-13-31(34)39(52,2)3/h4-17,22-23,25,33H,18-19,24H2,1-3H3,(H,42,46,48). The third-order valence-corrected chi connectivity index (χ3v) is 14.5. The molecule has 0 saturated heterocycles. The lowest BCUT2D eigenvalue weighted by atomic mass is 10.0. The molecule has 258 valence electrons. The van der Waals surface area contributed by atoms with E-state index in [1.54, 1.807) is 35.1 Å². The second kappa shape index (κ2) is 14.2. The number of amides is 1. The predicted molar refractivity (Wildman–Crippen MR) is 196 cm³/mol. The van der Waals surface area contributed by atoms with Crippen molar-refractivity contribution in [2.75, 3.05) is 25.1 Å². The number of nitrogens with one attached hydrogen (secondary N) is 1. The van der Waals surface area contributed by atoms with E-state index in [9.17, 15) is 10.1 Å². The van der Waals surface area contributed by atoms with Crippen LogP contribution in [0.2, 0.25) is 0 Å². The minimum absolute atomic E-state index is 0.126. The molecule has 0 radical (unpaired) electrons. The molecule has 3 aromatic heterocycles. The summed E-state index contributed by atoms with van der Waals surface area (Å²) in [6.45, 7) is 6.70. The molecule has 1 aliphatic heterocycles. The van der Waals surface area contributed by atoms with E-state index in [2.05, 4.69) is 81.7 Å².